The highest BCUT2D eigenvalue weighted by atomic mass is 16.2. The third-order valence-corrected chi connectivity index (χ3v) is 10.9. The lowest BCUT2D eigenvalue weighted by molar-refractivity contribution is -0.133. The third kappa shape index (κ3) is 4.25. The smallest absolute Gasteiger partial charge is 0.343 e. The zero-order chi connectivity index (χ0) is 32.8. The van der Waals surface area contributed by atoms with Gasteiger partial charge in [0, 0.05) is 22.6 Å². The number of amides is 3. The molecule has 0 spiro atoms. The predicted molar refractivity (Wildman–Crippen MR) is 168 cm³/mol. The van der Waals surface area contributed by atoms with Gasteiger partial charge in [0.05, 0.1) is 29.6 Å². The van der Waals surface area contributed by atoms with E-state index in [1.54, 1.807) is 24.3 Å². The number of nitrogens with zero attached hydrogens (tertiary/aromatic N) is 4. The van der Waals surface area contributed by atoms with E-state index in [0.29, 0.717) is 36.2 Å². The molecular weight excluding hydrogens is 584 g/mol. The van der Waals surface area contributed by atoms with Crippen molar-refractivity contribution < 1.29 is 14.4 Å². The number of aromatic amines is 1. The monoisotopic (exact) mass is 622 g/mol. The number of nitrogens with two attached hydrogens (primary N) is 2. The number of nitrogens with one attached hydrogen (secondary N) is 2. The molecule has 2 aromatic carbocycles. The third-order valence-electron chi connectivity index (χ3n) is 10.9. The summed E-state index contributed by atoms with van der Waals surface area (Å²) in [5, 5.41) is 18.0. The number of hydrogen-bond acceptors (Lipinski definition) is 7. The number of aromatic nitrogens is 3. The molecule has 3 fully saturated rings. The van der Waals surface area contributed by atoms with Crippen LogP contribution >= 0.6 is 0 Å². The van der Waals surface area contributed by atoms with Crippen molar-refractivity contribution in [2.75, 3.05) is 6.54 Å². The number of piperidine rings is 2. The van der Waals surface area contributed by atoms with Crippen LogP contribution in [0.2, 0.25) is 0 Å². The van der Waals surface area contributed by atoms with Crippen molar-refractivity contribution in [2.24, 2.45) is 16.9 Å². The largest absolute Gasteiger partial charge is 0.366 e. The van der Waals surface area contributed by atoms with E-state index in [-0.39, 0.29) is 47.2 Å². The molecule has 1 saturated heterocycles. The molecule has 2 atom stereocenters. The van der Waals surface area contributed by atoms with Crippen molar-refractivity contribution in [3.05, 3.63) is 86.1 Å². The van der Waals surface area contributed by atoms with Gasteiger partial charge in [-0.15, -0.1) is 0 Å². The fraction of sp³-hybridized carbons (Fsp3) is 0.471. The molecule has 6 N–H and O–H groups in total. The highest BCUT2D eigenvalue weighted by Crippen LogP contribution is 2.87. The van der Waals surface area contributed by atoms with Crippen molar-refractivity contribution in [3.8, 4) is 6.07 Å². The summed E-state index contributed by atoms with van der Waals surface area (Å²) in [6.45, 7) is 5.80. The number of fused-ring (bicyclic) bond motifs is 2. The summed E-state index contributed by atoms with van der Waals surface area (Å²) in [6, 6.07) is 12.1. The molecule has 0 bridgehead atoms. The maximum absolute atomic E-state index is 13.6. The standard InChI is InChI=1S/C34H38N8O4/c1-18(2)42-31(46)39-30(40-42)34(12-19(3)38-15-27(43)41-24(14-35)13-32-16-33(32,41)17-32)25-8-6-22(28(36)44)10-20(25)4-5-21-11-23(29(37)45)7-9-26(21)34/h6-11,18-19,24,38H,4-5,12-13,15-17H2,1-3H3,(H2,36,44)(H2,37,45)(H,39,40,46)/t19-,24?,32?,33?/m0/s1. The minimum absolute atomic E-state index is 0.0607. The molecule has 238 valence electrons. The van der Waals surface area contributed by atoms with Crippen LogP contribution < -0.4 is 22.5 Å². The number of primary amides is 2. The van der Waals surface area contributed by atoms with Crippen LogP contribution in [0.1, 0.15) is 101 Å². The van der Waals surface area contributed by atoms with Crippen LogP contribution in [0.4, 0.5) is 0 Å². The second-order valence-corrected chi connectivity index (χ2v) is 14.0. The van der Waals surface area contributed by atoms with Gasteiger partial charge in [0.25, 0.3) is 0 Å². The summed E-state index contributed by atoms with van der Waals surface area (Å²) in [5.74, 6) is -0.771. The number of nitriles is 1. The molecule has 46 heavy (non-hydrogen) atoms. The van der Waals surface area contributed by atoms with E-state index in [1.165, 1.54) is 4.68 Å². The van der Waals surface area contributed by atoms with E-state index in [9.17, 15) is 24.4 Å². The summed E-state index contributed by atoms with van der Waals surface area (Å²) in [4.78, 5) is 56.2. The normalized spacial score (nSPS) is 25.4. The molecule has 12 heteroatoms. The van der Waals surface area contributed by atoms with Crippen LogP contribution in [0.25, 0.3) is 0 Å². The fourth-order valence-corrected chi connectivity index (χ4v) is 8.50. The number of aryl methyl sites for hydroxylation is 2. The van der Waals surface area contributed by atoms with Crippen molar-refractivity contribution in [3.63, 3.8) is 0 Å². The molecule has 1 aromatic heterocycles. The Morgan fingerprint density at radius 1 is 1.04 bits per heavy atom. The summed E-state index contributed by atoms with van der Waals surface area (Å²) in [7, 11) is 0. The Bertz CT molecular complexity index is 1840. The minimum Gasteiger partial charge on any atom is -0.366 e. The summed E-state index contributed by atoms with van der Waals surface area (Å²) in [6.07, 6.45) is 4.18. The number of H-pyrrole nitrogens is 1. The Labute approximate surface area is 266 Å². The molecule has 12 nitrogen and oxygen atoms in total. The fourth-order valence-electron chi connectivity index (χ4n) is 8.50. The number of benzene rings is 2. The molecule has 1 aliphatic heterocycles. The lowest BCUT2D eigenvalue weighted by Crippen LogP contribution is -2.49. The van der Waals surface area contributed by atoms with E-state index >= 15 is 0 Å². The van der Waals surface area contributed by atoms with Gasteiger partial charge in [-0.25, -0.2) is 9.48 Å². The highest BCUT2D eigenvalue weighted by molar-refractivity contribution is 5.94. The lowest BCUT2D eigenvalue weighted by atomic mass is 9.67. The second-order valence-electron chi connectivity index (χ2n) is 14.0. The molecule has 3 amide bonds. The van der Waals surface area contributed by atoms with Crippen LogP contribution in [0.3, 0.4) is 0 Å². The second kappa shape index (κ2) is 10.1. The average Bonchev–Trinajstić information content (AvgIpc) is 3.71. The Morgan fingerprint density at radius 2 is 1.63 bits per heavy atom. The van der Waals surface area contributed by atoms with Gasteiger partial charge in [-0.2, -0.15) is 10.4 Å². The van der Waals surface area contributed by atoms with Gasteiger partial charge in [0.15, 0.2) is 0 Å². The highest BCUT2D eigenvalue weighted by Gasteiger charge is 2.90. The van der Waals surface area contributed by atoms with Gasteiger partial charge in [-0.3, -0.25) is 19.4 Å². The van der Waals surface area contributed by atoms with Gasteiger partial charge >= 0.3 is 5.69 Å². The van der Waals surface area contributed by atoms with Crippen molar-refractivity contribution in [2.45, 2.75) is 88.4 Å². The van der Waals surface area contributed by atoms with Crippen LogP contribution in [0, 0.1) is 16.7 Å². The molecule has 1 unspecified atom stereocenters. The van der Waals surface area contributed by atoms with E-state index in [1.807, 2.05) is 37.8 Å². The Hall–Kier alpha value is -4.76. The van der Waals surface area contributed by atoms with Gasteiger partial charge < -0.3 is 21.7 Å². The SMILES string of the molecule is CC(C)n1nc(C2(C[C@H](C)NCC(=O)N3C(C#N)CC45CC34C5)c3ccc(C(N)=O)cc3CCc3cc(C(N)=O)ccc32)[nH]c1=O. The number of carbonyl (C=O) groups is 3. The van der Waals surface area contributed by atoms with E-state index in [2.05, 4.69) is 16.4 Å². The first-order chi connectivity index (χ1) is 21.9. The van der Waals surface area contributed by atoms with Crippen LogP contribution in [-0.2, 0) is 23.1 Å². The van der Waals surface area contributed by atoms with Gasteiger partial charge in [0.2, 0.25) is 17.7 Å². The lowest BCUT2D eigenvalue weighted by Gasteiger charge is -2.37. The molecule has 4 aliphatic rings. The Morgan fingerprint density at radius 3 is 2.13 bits per heavy atom. The van der Waals surface area contributed by atoms with Crippen molar-refractivity contribution >= 4 is 17.7 Å². The maximum Gasteiger partial charge on any atom is 0.343 e. The van der Waals surface area contributed by atoms with E-state index in [0.717, 1.165) is 41.5 Å². The molecule has 2 saturated carbocycles. The van der Waals surface area contributed by atoms with Crippen molar-refractivity contribution in [1.29, 1.82) is 5.26 Å². The molecule has 3 aromatic rings. The van der Waals surface area contributed by atoms with Gasteiger partial charge in [0.1, 0.15) is 11.9 Å². The van der Waals surface area contributed by atoms with Crippen molar-refractivity contribution in [1.82, 2.24) is 25.0 Å². The van der Waals surface area contributed by atoms with E-state index in [4.69, 9.17) is 16.6 Å². The first kappa shape index (κ1) is 29.9. The van der Waals surface area contributed by atoms with Gasteiger partial charge in [-0.05, 0) is 106 Å². The maximum atomic E-state index is 13.6. The minimum atomic E-state index is -1.05. The average molecular weight is 623 g/mol. The Balaban J connectivity index is 1.33. The summed E-state index contributed by atoms with van der Waals surface area (Å²) >= 11 is 0. The molecule has 0 radical (unpaired) electrons. The number of carbonyl (C=O) groups excluding carboxylic acids is 3. The number of hydrogen-bond donors (Lipinski definition) is 4. The zero-order valence-corrected chi connectivity index (χ0v) is 26.2. The first-order valence-electron chi connectivity index (χ1n) is 15.9. The number of rotatable bonds is 9. The summed E-state index contributed by atoms with van der Waals surface area (Å²) < 4.78 is 1.41. The molecular formula is C34H38N8O4. The Kier molecular flexibility index (Phi) is 6.58. The van der Waals surface area contributed by atoms with Crippen LogP contribution in [-0.4, -0.2) is 61.6 Å². The predicted octanol–water partition coefficient (Wildman–Crippen LogP) is 1.81. The molecule has 3 aliphatic carbocycles. The van der Waals surface area contributed by atoms with Gasteiger partial charge in [-0.1, -0.05) is 12.1 Å². The van der Waals surface area contributed by atoms with Crippen LogP contribution in [0.5, 0.6) is 0 Å². The number of likely N-dealkylation sites (tertiary alicyclic amines) is 1. The zero-order valence-electron chi connectivity index (χ0n) is 26.2. The van der Waals surface area contributed by atoms with E-state index < -0.39 is 17.2 Å². The summed E-state index contributed by atoms with van der Waals surface area (Å²) in [5.41, 5.74) is 14.2. The molecule has 7 rings (SSSR count). The van der Waals surface area contributed by atoms with Crippen LogP contribution in [0.15, 0.2) is 41.2 Å². The topological polar surface area (TPSA) is 193 Å². The first-order valence-corrected chi connectivity index (χ1v) is 15.9. The molecule has 2 heterocycles. The quantitative estimate of drug-likeness (QED) is 0.279.